The number of benzene rings is 3. The van der Waals surface area contributed by atoms with Gasteiger partial charge in [0.25, 0.3) is 5.91 Å². The zero-order valence-corrected chi connectivity index (χ0v) is 20.7. The monoisotopic (exact) mass is 517 g/mol. The number of amides is 1. The summed E-state index contributed by atoms with van der Waals surface area (Å²) in [4.78, 5) is 12.6. The van der Waals surface area contributed by atoms with Gasteiger partial charge in [0.05, 0.1) is 30.6 Å². The number of aromatic nitrogens is 1. The van der Waals surface area contributed by atoms with Crippen molar-refractivity contribution >= 4 is 28.1 Å². The summed E-state index contributed by atoms with van der Waals surface area (Å²) in [5.41, 5.74) is 8.10. The van der Waals surface area contributed by atoms with Crippen LogP contribution in [0.4, 0.5) is 0 Å². The van der Waals surface area contributed by atoms with E-state index in [2.05, 4.69) is 62.2 Å². The van der Waals surface area contributed by atoms with Gasteiger partial charge in [0.2, 0.25) is 0 Å². The van der Waals surface area contributed by atoms with Crippen LogP contribution >= 0.6 is 15.9 Å². The SMILES string of the molecule is COc1cc(OC)c(/C=N/NC(=O)c2ccc(-n3c(C)ccc3-c3ccccc3)cc2)cc1Br. The van der Waals surface area contributed by atoms with Crippen molar-refractivity contribution in [3.63, 3.8) is 0 Å². The number of methoxy groups -OCH3 is 2. The number of ether oxygens (including phenoxy) is 2. The van der Waals surface area contributed by atoms with E-state index in [1.165, 1.54) is 6.21 Å². The van der Waals surface area contributed by atoms with Gasteiger partial charge in [-0.05, 0) is 70.9 Å². The Kier molecular flexibility index (Phi) is 7.13. The van der Waals surface area contributed by atoms with Crippen molar-refractivity contribution in [2.75, 3.05) is 14.2 Å². The molecule has 1 N–H and O–H groups in total. The average Bonchev–Trinajstić information content (AvgIpc) is 3.26. The van der Waals surface area contributed by atoms with Gasteiger partial charge in [0.15, 0.2) is 0 Å². The van der Waals surface area contributed by atoms with Crippen molar-refractivity contribution in [1.82, 2.24) is 9.99 Å². The number of hydrogen-bond acceptors (Lipinski definition) is 4. The normalized spacial score (nSPS) is 10.9. The van der Waals surface area contributed by atoms with Crippen LogP contribution in [0, 0.1) is 6.92 Å². The molecular formula is C27H24BrN3O3. The van der Waals surface area contributed by atoms with Gasteiger partial charge in [0.1, 0.15) is 11.5 Å². The van der Waals surface area contributed by atoms with Crippen molar-refractivity contribution in [2.24, 2.45) is 5.10 Å². The molecule has 172 valence electrons. The van der Waals surface area contributed by atoms with E-state index in [0.717, 1.165) is 27.1 Å². The van der Waals surface area contributed by atoms with Crippen molar-refractivity contribution in [2.45, 2.75) is 6.92 Å². The Hall–Kier alpha value is -3.84. The minimum absolute atomic E-state index is 0.304. The molecular weight excluding hydrogens is 494 g/mol. The molecule has 0 bridgehead atoms. The predicted octanol–water partition coefficient (Wildman–Crippen LogP) is 6.00. The molecule has 6 nitrogen and oxygen atoms in total. The highest BCUT2D eigenvalue weighted by atomic mass is 79.9. The number of carbonyl (C=O) groups excluding carboxylic acids is 1. The molecule has 0 aliphatic carbocycles. The molecule has 0 radical (unpaired) electrons. The van der Waals surface area contributed by atoms with E-state index in [1.807, 2.05) is 36.4 Å². The molecule has 0 fully saturated rings. The minimum atomic E-state index is -0.304. The topological polar surface area (TPSA) is 64.8 Å². The van der Waals surface area contributed by atoms with Gasteiger partial charge in [-0.3, -0.25) is 4.79 Å². The van der Waals surface area contributed by atoms with E-state index in [0.29, 0.717) is 22.6 Å². The summed E-state index contributed by atoms with van der Waals surface area (Å²) in [5.74, 6) is 0.923. The lowest BCUT2D eigenvalue weighted by Crippen LogP contribution is -2.17. The number of hydrazone groups is 1. The van der Waals surface area contributed by atoms with Crippen LogP contribution in [0.25, 0.3) is 16.9 Å². The van der Waals surface area contributed by atoms with E-state index in [-0.39, 0.29) is 5.91 Å². The first-order valence-electron chi connectivity index (χ1n) is 10.6. The number of aryl methyl sites for hydroxylation is 1. The molecule has 0 atom stereocenters. The molecule has 0 aliphatic heterocycles. The molecule has 1 aromatic heterocycles. The second-order valence-corrected chi connectivity index (χ2v) is 8.39. The number of carbonyl (C=O) groups is 1. The Morgan fingerprint density at radius 1 is 0.941 bits per heavy atom. The van der Waals surface area contributed by atoms with Crippen LogP contribution < -0.4 is 14.9 Å². The Morgan fingerprint density at radius 2 is 1.65 bits per heavy atom. The fourth-order valence-corrected chi connectivity index (χ4v) is 4.21. The van der Waals surface area contributed by atoms with Gasteiger partial charge in [-0.25, -0.2) is 5.43 Å². The quantitative estimate of drug-likeness (QED) is 0.241. The summed E-state index contributed by atoms with van der Waals surface area (Å²) in [6.07, 6.45) is 1.53. The van der Waals surface area contributed by atoms with Crippen LogP contribution in [0.3, 0.4) is 0 Å². The third kappa shape index (κ3) is 4.89. The van der Waals surface area contributed by atoms with E-state index in [4.69, 9.17) is 9.47 Å². The first-order chi connectivity index (χ1) is 16.5. The highest BCUT2D eigenvalue weighted by Crippen LogP contribution is 2.32. The molecule has 0 unspecified atom stereocenters. The molecule has 0 saturated heterocycles. The van der Waals surface area contributed by atoms with Gasteiger partial charge in [-0.1, -0.05) is 30.3 Å². The highest BCUT2D eigenvalue weighted by Gasteiger charge is 2.11. The largest absolute Gasteiger partial charge is 0.496 e. The minimum Gasteiger partial charge on any atom is -0.496 e. The van der Waals surface area contributed by atoms with E-state index < -0.39 is 0 Å². The summed E-state index contributed by atoms with van der Waals surface area (Å²) < 4.78 is 13.6. The first kappa shape index (κ1) is 23.3. The lowest BCUT2D eigenvalue weighted by atomic mass is 10.1. The molecule has 0 spiro atoms. The molecule has 0 aliphatic rings. The fourth-order valence-electron chi connectivity index (χ4n) is 3.69. The van der Waals surface area contributed by atoms with Crippen LogP contribution in [-0.4, -0.2) is 30.9 Å². The van der Waals surface area contributed by atoms with Crippen LogP contribution in [0.2, 0.25) is 0 Å². The number of halogens is 1. The van der Waals surface area contributed by atoms with E-state index in [9.17, 15) is 4.79 Å². The highest BCUT2D eigenvalue weighted by molar-refractivity contribution is 9.10. The van der Waals surface area contributed by atoms with Gasteiger partial charge < -0.3 is 14.0 Å². The van der Waals surface area contributed by atoms with Crippen LogP contribution in [0.5, 0.6) is 11.5 Å². The number of hydrogen-bond donors (Lipinski definition) is 1. The summed E-state index contributed by atoms with van der Waals surface area (Å²) in [5, 5.41) is 4.09. The van der Waals surface area contributed by atoms with Gasteiger partial charge in [0, 0.05) is 28.6 Å². The Morgan fingerprint density at radius 3 is 2.32 bits per heavy atom. The molecule has 1 amide bonds. The third-order valence-electron chi connectivity index (χ3n) is 5.41. The second-order valence-electron chi connectivity index (χ2n) is 7.54. The van der Waals surface area contributed by atoms with Crippen molar-refractivity contribution in [3.8, 4) is 28.4 Å². The Labute approximate surface area is 207 Å². The lowest BCUT2D eigenvalue weighted by molar-refractivity contribution is 0.0955. The molecule has 7 heteroatoms. The Bertz CT molecular complexity index is 1330. The molecule has 1 heterocycles. The molecule has 34 heavy (non-hydrogen) atoms. The summed E-state index contributed by atoms with van der Waals surface area (Å²) in [6.45, 7) is 2.06. The first-order valence-corrected chi connectivity index (χ1v) is 11.4. The smallest absolute Gasteiger partial charge is 0.271 e. The lowest BCUT2D eigenvalue weighted by Gasteiger charge is -2.13. The van der Waals surface area contributed by atoms with Gasteiger partial charge in [-0.15, -0.1) is 0 Å². The van der Waals surface area contributed by atoms with Crippen LogP contribution in [-0.2, 0) is 0 Å². The number of nitrogens with zero attached hydrogens (tertiary/aromatic N) is 2. The average molecular weight is 518 g/mol. The Balaban J connectivity index is 1.50. The maximum absolute atomic E-state index is 12.6. The maximum Gasteiger partial charge on any atom is 0.271 e. The van der Waals surface area contributed by atoms with Crippen LogP contribution in [0.15, 0.2) is 88.4 Å². The summed E-state index contributed by atoms with van der Waals surface area (Å²) >= 11 is 3.44. The zero-order valence-electron chi connectivity index (χ0n) is 19.1. The van der Waals surface area contributed by atoms with Crippen molar-refractivity contribution in [3.05, 3.63) is 100 Å². The third-order valence-corrected chi connectivity index (χ3v) is 6.03. The van der Waals surface area contributed by atoms with Crippen LogP contribution in [0.1, 0.15) is 21.6 Å². The van der Waals surface area contributed by atoms with E-state index >= 15 is 0 Å². The maximum atomic E-state index is 12.6. The molecule has 4 aromatic rings. The molecule has 4 rings (SSSR count). The number of nitrogens with one attached hydrogen (secondary N) is 1. The zero-order chi connectivity index (χ0) is 24.1. The molecule has 3 aromatic carbocycles. The van der Waals surface area contributed by atoms with Gasteiger partial charge >= 0.3 is 0 Å². The molecule has 0 saturated carbocycles. The van der Waals surface area contributed by atoms with Crippen molar-refractivity contribution < 1.29 is 14.3 Å². The second kappa shape index (κ2) is 10.4. The fraction of sp³-hybridized carbons (Fsp3) is 0.111. The van der Waals surface area contributed by atoms with E-state index in [1.54, 1.807) is 32.4 Å². The summed E-state index contributed by atoms with van der Waals surface area (Å²) in [7, 11) is 3.15. The summed E-state index contributed by atoms with van der Waals surface area (Å²) in [6, 6.07) is 25.4. The standard InChI is InChI=1S/C27H24BrN3O3/c1-18-9-14-24(19-7-5-4-6-8-19)31(18)22-12-10-20(11-13-22)27(32)30-29-17-21-15-23(28)26(34-3)16-25(21)33-2/h4-17H,1-3H3,(H,30,32)/b29-17+. The van der Waals surface area contributed by atoms with Crippen molar-refractivity contribution in [1.29, 1.82) is 0 Å². The predicted molar refractivity (Wildman–Crippen MR) is 138 cm³/mol. The number of rotatable bonds is 7. The van der Waals surface area contributed by atoms with Gasteiger partial charge in [-0.2, -0.15) is 5.10 Å².